The van der Waals surface area contributed by atoms with E-state index in [1.807, 2.05) is 16.9 Å². The molecule has 0 radical (unpaired) electrons. The molecule has 0 bridgehead atoms. The Labute approximate surface area is 147 Å². The van der Waals surface area contributed by atoms with Crippen molar-refractivity contribution >= 4 is 11.3 Å². The van der Waals surface area contributed by atoms with Crippen molar-refractivity contribution in [2.45, 2.75) is 38.1 Å². The van der Waals surface area contributed by atoms with Crippen LogP contribution in [0.15, 0.2) is 48.6 Å². The van der Waals surface area contributed by atoms with Gasteiger partial charge in [-0.15, -0.1) is 0 Å². The fourth-order valence-electron chi connectivity index (χ4n) is 3.31. The van der Waals surface area contributed by atoms with E-state index in [0.717, 1.165) is 18.4 Å². The fourth-order valence-corrected chi connectivity index (χ4v) is 3.31. The van der Waals surface area contributed by atoms with Crippen LogP contribution in [0.25, 0.3) is 11.3 Å². The van der Waals surface area contributed by atoms with Gasteiger partial charge in [0.1, 0.15) is 11.6 Å². The second-order valence-electron chi connectivity index (χ2n) is 6.49. The van der Waals surface area contributed by atoms with Crippen LogP contribution in [-0.4, -0.2) is 14.9 Å². The molecule has 0 saturated heterocycles. The second kappa shape index (κ2) is 7.34. The molecule has 6 heteroatoms. The summed E-state index contributed by atoms with van der Waals surface area (Å²) in [6, 6.07) is 7.33. The van der Waals surface area contributed by atoms with Crippen molar-refractivity contribution in [3.8, 4) is 5.75 Å². The number of aromatic hydroxyl groups is 1. The van der Waals surface area contributed by atoms with Crippen LogP contribution in [0.4, 0.5) is 0 Å². The van der Waals surface area contributed by atoms with Crippen molar-refractivity contribution in [3.05, 3.63) is 59.7 Å². The number of phenols is 1. The summed E-state index contributed by atoms with van der Waals surface area (Å²) in [6.07, 6.45) is 11.5. The number of benzene rings is 1. The monoisotopic (exact) mass is 339 g/mol. The predicted octanol–water partition coefficient (Wildman–Crippen LogP) is 2.68. The highest BCUT2D eigenvalue weighted by Crippen LogP contribution is 2.30. The van der Waals surface area contributed by atoms with Crippen LogP contribution in [0.2, 0.25) is 0 Å². The minimum absolute atomic E-state index is 0.115. The summed E-state index contributed by atoms with van der Waals surface area (Å²) in [4.78, 5) is 0. The molecule has 1 aliphatic rings. The number of hydrogen-bond donors (Lipinski definition) is 4. The third kappa shape index (κ3) is 3.79. The van der Waals surface area contributed by atoms with E-state index in [2.05, 4.69) is 5.10 Å². The Morgan fingerprint density at radius 2 is 1.84 bits per heavy atom. The topological polar surface area (TPSA) is 116 Å². The Morgan fingerprint density at radius 3 is 2.52 bits per heavy atom. The molecule has 0 spiro atoms. The van der Waals surface area contributed by atoms with E-state index >= 15 is 0 Å². The SMILES string of the molecule is NC(N)=C(/C=C(\N)c1ccccc1O)c1cnn(C2CCCCC2)c1. The first kappa shape index (κ1) is 17.0. The van der Waals surface area contributed by atoms with Crippen molar-refractivity contribution in [2.24, 2.45) is 17.2 Å². The molecular formula is C19H25N5O. The standard InChI is InChI=1S/C19H25N5O/c20-17(15-8-4-5-9-18(15)25)10-16(19(21)22)13-11-23-24(12-13)14-6-2-1-3-7-14/h4-5,8-12,14,25H,1-3,6-7,20-22H2/b17-10-. The summed E-state index contributed by atoms with van der Waals surface area (Å²) in [5.74, 6) is 0.283. The van der Waals surface area contributed by atoms with Crippen molar-refractivity contribution < 1.29 is 5.11 Å². The summed E-state index contributed by atoms with van der Waals surface area (Å²) >= 11 is 0. The molecule has 1 heterocycles. The Morgan fingerprint density at radius 1 is 1.12 bits per heavy atom. The van der Waals surface area contributed by atoms with Gasteiger partial charge in [0, 0.05) is 28.6 Å². The first-order valence-electron chi connectivity index (χ1n) is 8.61. The zero-order valence-corrected chi connectivity index (χ0v) is 14.2. The fraction of sp³-hybridized carbons (Fsp3) is 0.316. The van der Waals surface area contributed by atoms with E-state index < -0.39 is 0 Å². The number of para-hydroxylation sites is 1. The first-order chi connectivity index (χ1) is 12.1. The maximum absolute atomic E-state index is 9.96. The molecule has 3 rings (SSSR count). The maximum atomic E-state index is 9.96. The molecule has 1 fully saturated rings. The van der Waals surface area contributed by atoms with E-state index in [0.29, 0.717) is 22.9 Å². The van der Waals surface area contributed by atoms with Gasteiger partial charge in [0.25, 0.3) is 0 Å². The van der Waals surface area contributed by atoms with Gasteiger partial charge in [-0.05, 0) is 31.1 Å². The Hall–Kier alpha value is -2.89. The summed E-state index contributed by atoms with van der Waals surface area (Å²) in [5, 5.41) is 14.5. The summed E-state index contributed by atoms with van der Waals surface area (Å²) in [5.41, 5.74) is 20.3. The van der Waals surface area contributed by atoms with Gasteiger partial charge in [-0.1, -0.05) is 31.4 Å². The van der Waals surface area contributed by atoms with Crippen LogP contribution < -0.4 is 17.2 Å². The molecule has 1 saturated carbocycles. The molecule has 0 aliphatic heterocycles. The van der Waals surface area contributed by atoms with Crippen molar-refractivity contribution in [1.29, 1.82) is 0 Å². The smallest absolute Gasteiger partial charge is 0.124 e. The molecule has 1 aromatic heterocycles. The van der Waals surface area contributed by atoms with E-state index in [-0.39, 0.29) is 11.6 Å². The van der Waals surface area contributed by atoms with Crippen LogP contribution >= 0.6 is 0 Å². The highest BCUT2D eigenvalue weighted by atomic mass is 16.3. The predicted molar refractivity (Wildman–Crippen MR) is 99.9 cm³/mol. The zero-order valence-electron chi connectivity index (χ0n) is 14.2. The second-order valence-corrected chi connectivity index (χ2v) is 6.49. The van der Waals surface area contributed by atoms with Gasteiger partial charge >= 0.3 is 0 Å². The van der Waals surface area contributed by atoms with Gasteiger partial charge in [-0.25, -0.2) is 0 Å². The number of aromatic nitrogens is 2. The lowest BCUT2D eigenvalue weighted by molar-refractivity contribution is 0.329. The van der Waals surface area contributed by atoms with Crippen molar-refractivity contribution in [2.75, 3.05) is 0 Å². The number of hydrogen-bond acceptors (Lipinski definition) is 5. The van der Waals surface area contributed by atoms with Crippen LogP contribution in [0.1, 0.15) is 49.3 Å². The maximum Gasteiger partial charge on any atom is 0.124 e. The highest BCUT2D eigenvalue weighted by molar-refractivity contribution is 5.84. The lowest BCUT2D eigenvalue weighted by atomic mass is 9.96. The number of nitrogens with two attached hydrogens (primary N) is 3. The normalized spacial score (nSPS) is 15.9. The Bertz CT molecular complexity index is 796. The van der Waals surface area contributed by atoms with Gasteiger partial charge in [0.15, 0.2) is 0 Å². The molecule has 132 valence electrons. The van der Waals surface area contributed by atoms with Gasteiger partial charge < -0.3 is 22.3 Å². The van der Waals surface area contributed by atoms with E-state index in [1.54, 1.807) is 30.5 Å². The largest absolute Gasteiger partial charge is 0.507 e. The van der Waals surface area contributed by atoms with Crippen molar-refractivity contribution in [3.63, 3.8) is 0 Å². The minimum Gasteiger partial charge on any atom is -0.507 e. The van der Waals surface area contributed by atoms with E-state index in [4.69, 9.17) is 17.2 Å². The van der Waals surface area contributed by atoms with Gasteiger partial charge in [-0.3, -0.25) is 4.68 Å². The third-order valence-corrected chi connectivity index (χ3v) is 4.69. The summed E-state index contributed by atoms with van der Waals surface area (Å²) in [7, 11) is 0. The molecule has 7 N–H and O–H groups in total. The lowest BCUT2D eigenvalue weighted by Crippen LogP contribution is -2.13. The molecule has 25 heavy (non-hydrogen) atoms. The third-order valence-electron chi connectivity index (χ3n) is 4.69. The van der Waals surface area contributed by atoms with Crippen LogP contribution in [-0.2, 0) is 0 Å². The van der Waals surface area contributed by atoms with Crippen LogP contribution in [0, 0.1) is 0 Å². The molecule has 1 aliphatic carbocycles. The van der Waals surface area contributed by atoms with Gasteiger partial charge in [0.05, 0.1) is 12.2 Å². The number of phenolic OH excluding ortho intramolecular Hbond substituents is 1. The first-order valence-corrected chi connectivity index (χ1v) is 8.61. The Balaban J connectivity index is 1.90. The highest BCUT2D eigenvalue weighted by Gasteiger charge is 2.17. The number of rotatable bonds is 4. The summed E-state index contributed by atoms with van der Waals surface area (Å²) in [6.45, 7) is 0. The average molecular weight is 339 g/mol. The lowest BCUT2D eigenvalue weighted by Gasteiger charge is -2.21. The number of nitrogens with zero attached hydrogens (tertiary/aromatic N) is 2. The molecule has 0 atom stereocenters. The minimum atomic E-state index is 0.115. The molecular weight excluding hydrogens is 314 g/mol. The molecule has 6 nitrogen and oxygen atoms in total. The zero-order chi connectivity index (χ0) is 17.8. The molecule has 0 amide bonds. The quantitative estimate of drug-likeness (QED) is 0.639. The van der Waals surface area contributed by atoms with Crippen LogP contribution in [0.5, 0.6) is 5.75 Å². The van der Waals surface area contributed by atoms with Crippen molar-refractivity contribution in [1.82, 2.24) is 9.78 Å². The molecule has 2 aromatic rings. The number of allylic oxidation sites excluding steroid dienone is 2. The molecule has 1 aromatic carbocycles. The van der Waals surface area contributed by atoms with Gasteiger partial charge in [0.2, 0.25) is 0 Å². The Kier molecular flexibility index (Phi) is 4.97. The molecule has 0 unspecified atom stereocenters. The van der Waals surface area contributed by atoms with Gasteiger partial charge in [-0.2, -0.15) is 5.10 Å². The van der Waals surface area contributed by atoms with E-state index in [1.165, 1.54) is 19.3 Å². The summed E-state index contributed by atoms with van der Waals surface area (Å²) < 4.78 is 2.00. The van der Waals surface area contributed by atoms with E-state index in [9.17, 15) is 5.11 Å². The van der Waals surface area contributed by atoms with Crippen LogP contribution in [0.3, 0.4) is 0 Å². The average Bonchev–Trinajstić information content (AvgIpc) is 3.10.